The third-order valence-electron chi connectivity index (χ3n) is 6.34. The van der Waals surface area contributed by atoms with Crippen LogP contribution in [0.1, 0.15) is 37.3 Å². The van der Waals surface area contributed by atoms with E-state index in [2.05, 4.69) is 22.8 Å². The van der Waals surface area contributed by atoms with E-state index in [1.165, 1.54) is 0 Å². The molecule has 3 N–H and O–H groups in total. The predicted molar refractivity (Wildman–Crippen MR) is 119 cm³/mol. The quantitative estimate of drug-likeness (QED) is 0.588. The maximum Gasteiger partial charge on any atom is 0.407 e. The van der Waals surface area contributed by atoms with E-state index in [1.807, 2.05) is 50.2 Å². The highest BCUT2D eigenvalue weighted by Crippen LogP contribution is 2.44. The van der Waals surface area contributed by atoms with Gasteiger partial charge < -0.3 is 20.5 Å². The van der Waals surface area contributed by atoms with Gasteiger partial charge >= 0.3 is 12.1 Å². The van der Waals surface area contributed by atoms with Gasteiger partial charge in [0.2, 0.25) is 5.91 Å². The molecule has 168 valence electrons. The van der Waals surface area contributed by atoms with Crippen LogP contribution in [0.4, 0.5) is 4.79 Å². The summed E-state index contributed by atoms with van der Waals surface area (Å²) in [5.41, 5.74) is 4.54. The highest BCUT2D eigenvalue weighted by Gasteiger charge is 2.43. The summed E-state index contributed by atoms with van der Waals surface area (Å²) in [7, 11) is 0. The minimum Gasteiger partial charge on any atom is -0.481 e. The molecule has 2 aliphatic carbocycles. The Morgan fingerprint density at radius 3 is 2.16 bits per heavy atom. The van der Waals surface area contributed by atoms with Gasteiger partial charge in [-0.2, -0.15) is 0 Å². The smallest absolute Gasteiger partial charge is 0.407 e. The number of hydrogen-bond donors (Lipinski definition) is 3. The summed E-state index contributed by atoms with van der Waals surface area (Å²) < 4.78 is 5.55. The molecule has 0 heterocycles. The van der Waals surface area contributed by atoms with Crippen molar-refractivity contribution in [3.05, 3.63) is 59.7 Å². The number of aliphatic carboxylic acids is 1. The Morgan fingerprint density at radius 1 is 1.03 bits per heavy atom. The van der Waals surface area contributed by atoms with E-state index >= 15 is 0 Å². The first-order chi connectivity index (χ1) is 15.4. The fourth-order valence-electron chi connectivity index (χ4n) is 4.42. The van der Waals surface area contributed by atoms with Crippen molar-refractivity contribution in [1.29, 1.82) is 0 Å². The Morgan fingerprint density at radius 2 is 1.62 bits per heavy atom. The van der Waals surface area contributed by atoms with Crippen LogP contribution in [-0.4, -0.2) is 42.3 Å². The number of benzene rings is 2. The van der Waals surface area contributed by atoms with E-state index in [9.17, 15) is 14.4 Å². The number of rotatable bonds is 8. The van der Waals surface area contributed by atoms with Crippen molar-refractivity contribution in [2.45, 2.75) is 32.2 Å². The normalized spacial score (nSPS) is 19.6. The molecule has 2 aromatic rings. The lowest BCUT2D eigenvalue weighted by atomic mass is 9.98. The fraction of sp³-hybridized carbons (Fsp3) is 0.400. The molecule has 2 aliphatic rings. The average molecular weight is 437 g/mol. The molecule has 32 heavy (non-hydrogen) atoms. The highest BCUT2D eigenvalue weighted by atomic mass is 16.5. The van der Waals surface area contributed by atoms with E-state index in [-0.39, 0.29) is 36.2 Å². The third-order valence-corrected chi connectivity index (χ3v) is 6.34. The number of fused-ring (bicyclic) bond motifs is 3. The van der Waals surface area contributed by atoms with Crippen molar-refractivity contribution in [1.82, 2.24) is 10.6 Å². The molecule has 0 saturated heterocycles. The topological polar surface area (TPSA) is 105 Å². The van der Waals surface area contributed by atoms with Gasteiger partial charge in [0.15, 0.2) is 0 Å². The molecule has 0 aromatic heterocycles. The van der Waals surface area contributed by atoms with Crippen LogP contribution in [0.2, 0.25) is 0 Å². The molecule has 0 bridgehead atoms. The zero-order chi connectivity index (χ0) is 22.8. The average Bonchev–Trinajstić information content (AvgIpc) is 3.50. The van der Waals surface area contributed by atoms with E-state index in [0.29, 0.717) is 13.0 Å². The van der Waals surface area contributed by atoms with Crippen LogP contribution >= 0.6 is 0 Å². The lowest BCUT2D eigenvalue weighted by Crippen LogP contribution is -2.50. The molecule has 7 heteroatoms. The molecule has 7 nitrogen and oxygen atoms in total. The Kier molecular flexibility index (Phi) is 6.17. The Labute approximate surface area is 187 Å². The minimum absolute atomic E-state index is 0.0429. The standard InChI is InChI=1S/C25H28N2O5/c1-14(2)22(23(28)26-12-15-11-20(15)24(29)30)27-25(31)32-13-21-18-9-5-3-7-16(18)17-8-4-6-10-19(17)21/h3-10,14-15,20-22H,11-13H2,1-2H3,(H,26,28)(H,27,31)(H,29,30)/t15-,20-,22-/m0/s1. The lowest BCUT2D eigenvalue weighted by molar-refractivity contribution is -0.139. The molecule has 0 radical (unpaired) electrons. The number of carbonyl (C=O) groups excluding carboxylic acids is 2. The maximum atomic E-state index is 12.6. The van der Waals surface area contributed by atoms with Crippen LogP contribution in [0.15, 0.2) is 48.5 Å². The molecule has 0 spiro atoms. The fourth-order valence-corrected chi connectivity index (χ4v) is 4.42. The molecule has 4 rings (SSSR count). The van der Waals surface area contributed by atoms with Crippen LogP contribution in [0, 0.1) is 17.8 Å². The van der Waals surface area contributed by atoms with Crippen LogP contribution in [0.25, 0.3) is 11.1 Å². The van der Waals surface area contributed by atoms with Crippen molar-refractivity contribution in [3.63, 3.8) is 0 Å². The van der Waals surface area contributed by atoms with Crippen molar-refractivity contribution < 1.29 is 24.2 Å². The van der Waals surface area contributed by atoms with E-state index in [4.69, 9.17) is 9.84 Å². The predicted octanol–water partition coefficient (Wildman–Crippen LogP) is 3.39. The van der Waals surface area contributed by atoms with Gasteiger partial charge in [-0.3, -0.25) is 9.59 Å². The monoisotopic (exact) mass is 436 g/mol. The van der Waals surface area contributed by atoms with Crippen LogP contribution < -0.4 is 10.6 Å². The summed E-state index contributed by atoms with van der Waals surface area (Å²) >= 11 is 0. The summed E-state index contributed by atoms with van der Waals surface area (Å²) in [5.74, 6) is -1.79. The Balaban J connectivity index is 1.34. The Hall–Kier alpha value is -3.35. The van der Waals surface area contributed by atoms with Crippen molar-refractivity contribution in [2.75, 3.05) is 13.2 Å². The summed E-state index contributed by atoms with van der Waals surface area (Å²) in [5, 5.41) is 14.4. The number of carboxylic acids is 1. The number of alkyl carbamates (subject to hydrolysis) is 1. The molecule has 3 atom stereocenters. The first kappa shape index (κ1) is 21.9. The number of hydrogen-bond acceptors (Lipinski definition) is 4. The lowest BCUT2D eigenvalue weighted by Gasteiger charge is -2.22. The molecule has 1 fully saturated rings. The number of carbonyl (C=O) groups is 3. The minimum atomic E-state index is -0.832. The molecule has 2 aromatic carbocycles. The van der Waals surface area contributed by atoms with Gasteiger partial charge in [0.05, 0.1) is 5.92 Å². The van der Waals surface area contributed by atoms with Gasteiger partial charge in [0.1, 0.15) is 12.6 Å². The van der Waals surface area contributed by atoms with Crippen LogP contribution in [0.5, 0.6) is 0 Å². The van der Waals surface area contributed by atoms with Gasteiger partial charge in [0.25, 0.3) is 0 Å². The molecular formula is C25H28N2O5. The van der Waals surface area contributed by atoms with Gasteiger partial charge in [-0.05, 0) is 40.5 Å². The second kappa shape index (κ2) is 9.02. The highest BCUT2D eigenvalue weighted by molar-refractivity contribution is 5.86. The first-order valence-corrected chi connectivity index (χ1v) is 11.0. The molecule has 1 saturated carbocycles. The van der Waals surface area contributed by atoms with Crippen molar-refractivity contribution >= 4 is 18.0 Å². The third kappa shape index (κ3) is 4.47. The zero-order valence-corrected chi connectivity index (χ0v) is 18.2. The molecule has 0 unspecified atom stereocenters. The van der Waals surface area contributed by atoms with E-state index < -0.39 is 18.1 Å². The second-order valence-electron chi connectivity index (χ2n) is 8.88. The van der Waals surface area contributed by atoms with Crippen LogP contribution in [0.3, 0.4) is 0 Å². The van der Waals surface area contributed by atoms with Crippen molar-refractivity contribution in [2.24, 2.45) is 17.8 Å². The van der Waals surface area contributed by atoms with Gasteiger partial charge in [0, 0.05) is 12.5 Å². The molecule has 0 aliphatic heterocycles. The maximum absolute atomic E-state index is 12.6. The van der Waals surface area contributed by atoms with Gasteiger partial charge in [-0.25, -0.2) is 4.79 Å². The largest absolute Gasteiger partial charge is 0.481 e. The van der Waals surface area contributed by atoms with Crippen molar-refractivity contribution in [3.8, 4) is 11.1 Å². The SMILES string of the molecule is CC(C)[C@H](NC(=O)OCC1c2ccccc2-c2ccccc21)C(=O)NC[C@@H]1C[C@@H]1C(=O)O. The van der Waals surface area contributed by atoms with Crippen LogP contribution in [-0.2, 0) is 14.3 Å². The zero-order valence-electron chi connectivity index (χ0n) is 18.2. The Bertz CT molecular complexity index is 989. The van der Waals surface area contributed by atoms with Gasteiger partial charge in [-0.15, -0.1) is 0 Å². The van der Waals surface area contributed by atoms with E-state index in [1.54, 1.807) is 0 Å². The summed E-state index contributed by atoms with van der Waals surface area (Å²) in [6.07, 6.45) is -0.0718. The second-order valence-corrected chi connectivity index (χ2v) is 8.88. The molecular weight excluding hydrogens is 408 g/mol. The number of carboxylic acid groups (broad SMARTS) is 1. The summed E-state index contributed by atoms with van der Waals surface area (Å²) in [6.45, 7) is 4.15. The first-order valence-electron chi connectivity index (χ1n) is 11.0. The number of amides is 2. The number of nitrogens with one attached hydrogen (secondary N) is 2. The summed E-state index contributed by atoms with van der Waals surface area (Å²) in [6, 6.07) is 15.4. The van der Waals surface area contributed by atoms with E-state index in [0.717, 1.165) is 22.3 Å². The number of ether oxygens (including phenoxy) is 1. The summed E-state index contributed by atoms with van der Waals surface area (Å²) in [4.78, 5) is 36.1. The molecule has 2 amide bonds. The van der Waals surface area contributed by atoms with Gasteiger partial charge in [-0.1, -0.05) is 62.4 Å².